The van der Waals surface area contributed by atoms with Crippen molar-refractivity contribution in [3.8, 4) is 28.5 Å². The molecule has 11 heteroatoms. The molecule has 1 atom stereocenters. The van der Waals surface area contributed by atoms with Crippen molar-refractivity contribution in [3.63, 3.8) is 0 Å². The van der Waals surface area contributed by atoms with Crippen molar-refractivity contribution >= 4 is 40.2 Å². The van der Waals surface area contributed by atoms with E-state index >= 15 is 0 Å². The van der Waals surface area contributed by atoms with E-state index in [4.69, 9.17) is 37.1 Å². The van der Waals surface area contributed by atoms with Crippen LogP contribution in [0.5, 0.6) is 17.2 Å². The standard InChI is InChI=1S/C25H25N7O3S/c1-33-19-9-8-15(12-20(19)34-2)17-13-28-22-21(29-17)23(31-25(26)30-22)32-11-10-27-14-18(32)24(36)35-16-6-4-3-5-7-16/h3-9,12-13,18,27H,10-11,14H2,1-2H3,(H2,26,28,30,31). The predicted molar refractivity (Wildman–Crippen MR) is 142 cm³/mol. The van der Waals surface area contributed by atoms with Crippen LogP contribution in [0.1, 0.15) is 0 Å². The van der Waals surface area contributed by atoms with Gasteiger partial charge in [0.05, 0.1) is 26.1 Å². The summed E-state index contributed by atoms with van der Waals surface area (Å²) in [5.41, 5.74) is 8.43. The third-order valence-corrected chi connectivity index (χ3v) is 6.19. The van der Waals surface area contributed by atoms with Crippen LogP contribution in [0.15, 0.2) is 54.7 Å². The zero-order valence-corrected chi connectivity index (χ0v) is 20.7. The first-order chi connectivity index (χ1) is 17.6. The van der Waals surface area contributed by atoms with Gasteiger partial charge in [-0.2, -0.15) is 9.97 Å². The van der Waals surface area contributed by atoms with Gasteiger partial charge in [0.25, 0.3) is 0 Å². The molecule has 1 saturated heterocycles. The lowest BCUT2D eigenvalue weighted by Crippen LogP contribution is -2.56. The third-order valence-electron chi connectivity index (χ3n) is 5.83. The number of nitrogens with two attached hydrogens (primary N) is 1. The maximum absolute atomic E-state index is 6.07. The van der Waals surface area contributed by atoms with Crippen molar-refractivity contribution in [1.82, 2.24) is 25.3 Å². The van der Waals surface area contributed by atoms with Crippen LogP contribution in [0.2, 0.25) is 0 Å². The van der Waals surface area contributed by atoms with Gasteiger partial charge in [0.1, 0.15) is 11.8 Å². The topological polar surface area (TPSA) is 121 Å². The Morgan fingerprint density at radius 2 is 1.86 bits per heavy atom. The molecule has 5 rings (SSSR count). The van der Waals surface area contributed by atoms with Gasteiger partial charge in [-0.1, -0.05) is 18.2 Å². The minimum Gasteiger partial charge on any atom is -0.493 e. The molecule has 0 amide bonds. The van der Waals surface area contributed by atoms with Gasteiger partial charge in [0.15, 0.2) is 33.5 Å². The lowest BCUT2D eigenvalue weighted by atomic mass is 10.1. The first kappa shape index (κ1) is 23.6. The van der Waals surface area contributed by atoms with Crippen molar-refractivity contribution in [2.75, 3.05) is 44.5 Å². The maximum atomic E-state index is 6.07. The van der Waals surface area contributed by atoms with Crippen molar-refractivity contribution in [2.24, 2.45) is 0 Å². The Bertz CT molecular complexity index is 1400. The number of thiocarbonyl (C=S) groups is 1. The molecule has 2 aromatic heterocycles. The Balaban J connectivity index is 1.55. The smallest absolute Gasteiger partial charge is 0.224 e. The fourth-order valence-corrected chi connectivity index (χ4v) is 4.39. The summed E-state index contributed by atoms with van der Waals surface area (Å²) < 4.78 is 16.8. The number of nitrogen functional groups attached to an aromatic ring is 1. The van der Waals surface area contributed by atoms with Crippen LogP contribution in [-0.4, -0.2) is 64.9 Å². The minimum atomic E-state index is -0.280. The molecule has 0 spiro atoms. The summed E-state index contributed by atoms with van der Waals surface area (Å²) in [5.74, 6) is 2.56. The van der Waals surface area contributed by atoms with Crippen LogP contribution in [0.25, 0.3) is 22.4 Å². The van der Waals surface area contributed by atoms with E-state index in [0.717, 1.165) is 12.1 Å². The Morgan fingerprint density at radius 1 is 1.06 bits per heavy atom. The molecule has 3 N–H and O–H groups in total. The number of rotatable bonds is 6. The van der Waals surface area contributed by atoms with Crippen molar-refractivity contribution in [3.05, 3.63) is 54.7 Å². The van der Waals surface area contributed by atoms with Gasteiger partial charge in [0.2, 0.25) is 5.95 Å². The minimum absolute atomic E-state index is 0.109. The van der Waals surface area contributed by atoms with Gasteiger partial charge < -0.3 is 30.2 Å². The van der Waals surface area contributed by atoms with E-state index in [1.165, 1.54) is 0 Å². The van der Waals surface area contributed by atoms with Crippen molar-refractivity contribution in [1.29, 1.82) is 0 Å². The molecule has 184 valence electrons. The highest BCUT2D eigenvalue weighted by Crippen LogP contribution is 2.33. The van der Waals surface area contributed by atoms with Gasteiger partial charge in [0, 0.05) is 25.2 Å². The van der Waals surface area contributed by atoms with Gasteiger partial charge in [-0.3, -0.25) is 0 Å². The number of aromatic nitrogens is 4. The van der Waals surface area contributed by atoms with E-state index in [2.05, 4.69) is 25.2 Å². The summed E-state index contributed by atoms with van der Waals surface area (Å²) in [5, 5.41) is 3.80. The number of hydrogen-bond acceptors (Lipinski definition) is 11. The SMILES string of the molecule is COc1ccc(-c2cnc3nc(N)nc(N4CCNCC4C(=S)Oc4ccccc4)c3n2)cc1OC. The summed E-state index contributed by atoms with van der Waals surface area (Å²) in [7, 11) is 3.19. The fourth-order valence-electron chi connectivity index (χ4n) is 4.09. The van der Waals surface area contributed by atoms with E-state index in [-0.39, 0.29) is 12.0 Å². The molecule has 2 aromatic carbocycles. The number of nitrogens with one attached hydrogen (secondary N) is 1. The normalized spacial score (nSPS) is 15.5. The van der Waals surface area contributed by atoms with E-state index in [9.17, 15) is 0 Å². The van der Waals surface area contributed by atoms with Gasteiger partial charge in [-0.15, -0.1) is 0 Å². The lowest BCUT2D eigenvalue weighted by molar-refractivity contribution is 0.355. The highest BCUT2D eigenvalue weighted by atomic mass is 32.1. The van der Waals surface area contributed by atoms with Crippen LogP contribution in [0, 0.1) is 0 Å². The molecular weight excluding hydrogens is 478 g/mol. The molecular formula is C25H25N7O3S. The van der Waals surface area contributed by atoms with E-state index in [1.807, 2.05) is 48.5 Å². The number of anilines is 2. The first-order valence-electron chi connectivity index (χ1n) is 11.3. The van der Waals surface area contributed by atoms with Crippen LogP contribution in [0.4, 0.5) is 11.8 Å². The highest BCUT2D eigenvalue weighted by Gasteiger charge is 2.31. The zero-order valence-electron chi connectivity index (χ0n) is 19.8. The second kappa shape index (κ2) is 10.3. The second-order valence-corrected chi connectivity index (χ2v) is 8.45. The summed E-state index contributed by atoms with van der Waals surface area (Å²) >= 11 is 5.70. The van der Waals surface area contributed by atoms with E-state index < -0.39 is 0 Å². The van der Waals surface area contributed by atoms with Crippen LogP contribution >= 0.6 is 12.2 Å². The van der Waals surface area contributed by atoms with E-state index in [1.54, 1.807) is 20.4 Å². The Morgan fingerprint density at radius 3 is 2.64 bits per heavy atom. The maximum Gasteiger partial charge on any atom is 0.224 e. The largest absolute Gasteiger partial charge is 0.493 e. The summed E-state index contributed by atoms with van der Waals surface area (Å²) in [6.07, 6.45) is 1.65. The molecule has 3 heterocycles. The van der Waals surface area contributed by atoms with Gasteiger partial charge >= 0.3 is 0 Å². The Hall–Kier alpha value is -4.09. The molecule has 0 radical (unpaired) electrons. The molecule has 0 bridgehead atoms. The quantitative estimate of drug-likeness (QED) is 0.378. The molecule has 1 unspecified atom stereocenters. The van der Waals surface area contributed by atoms with Crippen molar-refractivity contribution < 1.29 is 14.2 Å². The monoisotopic (exact) mass is 503 g/mol. The van der Waals surface area contributed by atoms with Crippen LogP contribution in [0.3, 0.4) is 0 Å². The average molecular weight is 504 g/mol. The lowest BCUT2D eigenvalue weighted by Gasteiger charge is -2.37. The second-order valence-electron chi connectivity index (χ2n) is 8.05. The molecule has 1 fully saturated rings. The van der Waals surface area contributed by atoms with Crippen molar-refractivity contribution in [2.45, 2.75) is 6.04 Å². The Kier molecular flexibility index (Phi) is 6.74. The number of fused-ring (bicyclic) bond motifs is 1. The third kappa shape index (κ3) is 4.70. The summed E-state index contributed by atoms with van der Waals surface area (Å²) in [6, 6.07) is 14.8. The number of ether oxygens (including phenoxy) is 3. The van der Waals surface area contributed by atoms with E-state index in [0.29, 0.717) is 58.1 Å². The van der Waals surface area contributed by atoms with Crippen LogP contribution in [-0.2, 0) is 0 Å². The number of hydrogen-bond donors (Lipinski definition) is 2. The molecule has 36 heavy (non-hydrogen) atoms. The summed E-state index contributed by atoms with van der Waals surface area (Å²) in [4.78, 5) is 20.3. The summed E-state index contributed by atoms with van der Waals surface area (Å²) in [6.45, 7) is 1.94. The molecule has 10 nitrogen and oxygen atoms in total. The number of para-hydroxylation sites is 1. The van der Waals surface area contributed by atoms with Crippen LogP contribution < -0.4 is 30.2 Å². The number of piperazine rings is 1. The fraction of sp³-hybridized carbons (Fsp3) is 0.240. The predicted octanol–water partition coefficient (Wildman–Crippen LogP) is 2.87. The average Bonchev–Trinajstić information content (AvgIpc) is 2.92. The molecule has 0 aliphatic carbocycles. The first-order valence-corrected chi connectivity index (χ1v) is 11.7. The number of benzene rings is 2. The number of nitrogens with zero attached hydrogens (tertiary/aromatic N) is 5. The Labute approximate surface area is 213 Å². The van der Waals surface area contributed by atoms with Gasteiger partial charge in [-0.25, -0.2) is 9.97 Å². The number of methoxy groups -OCH3 is 2. The molecule has 1 aliphatic heterocycles. The molecule has 4 aromatic rings. The molecule has 0 saturated carbocycles. The molecule has 1 aliphatic rings. The zero-order chi connectivity index (χ0) is 25.1. The van der Waals surface area contributed by atoms with Gasteiger partial charge in [-0.05, 0) is 42.5 Å². The highest BCUT2D eigenvalue weighted by molar-refractivity contribution is 7.80.